The van der Waals surface area contributed by atoms with Gasteiger partial charge in [0, 0.05) is 11.6 Å². The molecule has 1 rings (SSSR count). The first-order valence-corrected chi connectivity index (χ1v) is 5.67. The van der Waals surface area contributed by atoms with Gasteiger partial charge >= 0.3 is 5.97 Å². The summed E-state index contributed by atoms with van der Waals surface area (Å²) in [7, 11) is 1.17. The summed E-state index contributed by atoms with van der Waals surface area (Å²) >= 11 is 0. The number of hydrogen-bond acceptors (Lipinski definition) is 4. The normalized spacial score (nSPS) is 11.8. The van der Waals surface area contributed by atoms with Gasteiger partial charge in [-0.25, -0.2) is 9.18 Å². The Bertz CT molecular complexity index is 460. The highest BCUT2D eigenvalue weighted by Gasteiger charge is 2.21. The summed E-state index contributed by atoms with van der Waals surface area (Å²) in [6.07, 6.45) is 1.35. The molecule has 0 amide bonds. The quantitative estimate of drug-likeness (QED) is 0.647. The fourth-order valence-electron chi connectivity index (χ4n) is 1.50. The van der Waals surface area contributed by atoms with E-state index in [0.717, 1.165) is 12.5 Å². The molecule has 0 radical (unpaired) electrons. The molecule has 0 saturated carbocycles. The van der Waals surface area contributed by atoms with Crippen molar-refractivity contribution >= 4 is 17.9 Å². The van der Waals surface area contributed by atoms with Crippen molar-refractivity contribution in [3.8, 4) is 0 Å². The van der Waals surface area contributed by atoms with Crippen LogP contribution in [0.15, 0.2) is 12.1 Å². The zero-order valence-electron chi connectivity index (χ0n) is 10.6. The van der Waals surface area contributed by atoms with Crippen molar-refractivity contribution in [2.45, 2.75) is 26.3 Å². The Hall–Kier alpha value is -1.91. The van der Waals surface area contributed by atoms with Crippen LogP contribution >= 0.6 is 0 Å². The van der Waals surface area contributed by atoms with Crippen LogP contribution in [0.1, 0.15) is 41.0 Å². The molecule has 5 heteroatoms. The monoisotopic (exact) mass is 253 g/mol. The van der Waals surface area contributed by atoms with Crippen molar-refractivity contribution in [3.05, 3.63) is 29.1 Å². The minimum atomic E-state index is -0.804. The maximum atomic E-state index is 13.7. The third-order valence-corrected chi connectivity index (χ3v) is 2.71. The summed E-state index contributed by atoms with van der Waals surface area (Å²) < 4.78 is 18.2. The second-order valence-corrected chi connectivity index (χ2v) is 3.95. The lowest BCUT2D eigenvalue weighted by Crippen LogP contribution is -2.19. The lowest BCUT2D eigenvalue weighted by Gasteiger charge is -2.18. The lowest BCUT2D eigenvalue weighted by molar-refractivity contribution is 0.0596. The van der Waals surface area contributed by atoms with E-state index < -0.39 is 11.8 Å². The molecule has 0 unspecified atom stereocenters. The van der Waals surface area contributed by atoms with E-state index in [-0.39, 0.29) is 22.9 Å². The molecule has 0 fully saturated rings. The van der Waals surface area contributed by atoms with Crippen LogP contribution in [0.2, 0.25) is 0 Å². The Morgan fingerprint density at radius 1 is 1.56 bits per heavy atom. The van der Waals surface area contributed by atoms with Crippen molar-refractivity contribution in [1.29, 1.82) is 0 Å². The number of hydrogen-bond donors (Lipinski definition) is 1. The van der Waals surface area contributed by atoms with Crippen LogP contribution in [0.4, 0.5) is 10.1 Å². The fourth-order valence-corrected chi connectivity index (χ4v) is 1.50. The minimum Gasteiger partial charge on any atom is -0.465 e. The van der Waals surface area contributed by atoms with E-state index in [2.05, 4.69) is 10.1 Å². The molecule has 1 atom stereocenters. The van der Waals surface area contributed by atoms with Gasteiger partial charge in [-0.3, -0.25) is 4.79 Å². The van der Waals surface area contributed by atoms with Gasteiger partial charge in [0.25, 0.3) is 0 Å². The molecule has 0 aromatic heterocycles. The first-order valence-electron chi connectivity index (χ1n) is 5.67. The first-order chi connectivity index (χ1) is 8.54. The highest BCUT2D eigenvalue weighted by molar-refractivity contribution is 6.01. The van der Waals surface area contributed by atoms with Gasteiger partial charge < -0.3 is 10.1 Å². The summed E-state index contributed by atoms with van der Waals surface area (Å²) in [4.78, 5) is 22.5. The molecule has 0 heterocycles. The zero-order chi connectivity index (χ0) is 13.7. The number of esters is 1. The number of benzene rings is 1. The number of aldehydes is 1. The maximum absolute atomic E-state index is 13.7. The second kappa shape index (κ2) is 6.14. The van der Waals surface area contributed by atoms with E-state index in [4.69, 9.17) is 0 Å². The van der Waals surface area contributed by atoms with Gasteiger partial charge in [-0.15, -0.1) is 0 Å². The summed E-state index contributed by atoms with van der Waals surface area (Å²) in [6.45, 7) is 3.82. The second-order valence-electron chi connectivity index (χ2n) is 3.95. The lowest BCUT2D eigenvalue weighted by atomic mass is 10.1. The van der Waals surface area contributed by atoms with Crippen molar-refractivity contribution < 1.29 is 18.7 Å². The molecule has 4 nitrogen and oxygen atoms in total. The van der Waals surface area contributed by atoms with E-state index >= 15 is 0 Å². The Morgan fingerprint density at radius 2 is 2.22 bits per heavy atom. The number of rotatable bonds is 5. The number of nitrogens with one attached hydrogen (secondary N) is 1. The fraction of sp³-hybridized carbons (Fsp3) is 0.385. The average Bonchev–Trinajstić information content (AvgIpc) is 2.38. The molecule has 18 heavy (non-hydrogen) atoms. The highest BCUT2D eigenvalue weighted by atomic mass is 19.1. The van der Waals surface area contributed by atoms with Crippen LogP contribution in [0, 0.1) is 5.82 Å². The third-order valence-electron chi connectivity index (χ3n) is 2.71. The molecule has 0 saturated heterocycles. The van der Waals surface area contributed by atoms with Crippen LogP contribution < -0.4 is 5.32 Å². The number of anilines is 1. The molecule has 0 aliphatic heterocycles. The van der Waals surface area contributed by atoms with Gasteiger partial charge in [0.15, 0.2) is 6.29 Å². The maximum Gasteiger partial charge on any atom is 0.343 e. The Morgan fingerprint density at radius 3 is 2.72 bits per heavy atom. The molecule has 98 valence electrons. The van der Waals surface area contributed by atoms with Crippen LogP contribution in [-0.4, -0.2) is 25.4 Å². The molecule has 0 aliphatic rings. The smallest absolute Gasteiger partial charge is 0.343 e. The Labute approximate surface area is 105 Å². The van der Waals surface area contributed by atoms with Gasteiger partial charge in [0.2, 0.25) is 0 Å². The molecule has 0 spiro atoms. The van der Waals surface area contributed by atoms with E-state index in [0.29, 0.717) is 6.29 Å². The molecule has 1 aromatic rings. The molecule has 0 aliphatic carbocycles. The number of carbonyl (C=O) groups is 2. The van der Waals surface area contributed by atoms with Gasteiger partial charge in [0.1, 0.15) is 11.4 Å². The van der Waals surface area contributed by atoms with Crippen molar-refractivity contribution in [2.24, 2.45) is 0 Å². The van der Waals surface area contributed by atoms with Crippen LogP contribution in [-0.2, 0) is 4.74 Å². The van der Waals surface area contributed by atoms with Crippen molar-refractivity contribution in [1.82, 2.24) is 0 Å². The SMILES string of the molecule is CC[C@H](C)Nc1c(C=O)ccc(F)c1C(=O)OC. The molecule has 1 N–H and O–H groups in total. The molecule has 0 bridgehead atoms. The van der Waals surface area contributed by atoms with E-state index in [9.17, 15) is 14.0 Å². The number of carbonyl (C=O) groups excluding carboxylic acids is 2. The van der Waals surface area contributed by atoms with Crippen LogP contribution in [0.25, 0.3) is 0 Å². The first kappa shape index (κ1) is 14.2. The zero-order valence-corrected chi connectivity index (χ0v) is 10.6. The van der Waals surface area contributed by atoms with Gasteiger partial charge in [0.05, 0.1) is 12.8 Å². The predicted molar refractivity (Wildman–Crippen MR) is 66.5 cm³/mol. The predicted octanol–water partition coefficient (Wildman–Crippen LogP) is 2.64. The molecular weight excluding hydrogens is 237 g/mol. The van der Waals surface area contributed by atoms with E-state index in [1.165, 1.54) is 13.2 Å². The summed E-state index contributed by atoms with van der Waals surface area (Å²) in [5, 5.41) is 2.96. The van der Waals surface area contributed by atoms with Gasteiger partial charge in [-0.05, 0) is 25.5 Å². The largest absolute Gasteiger partial charge is 0.465 e. The van der Waals surface area contributed by atoms with Gasteiger partial charge in [-0.2, -0.15) is 0 Å². The van der Waals surface area contributed by atoms with E-state index in [1.54, 1.807) is 0 Å². The summed E-state index contributed by atoms with van der Waals surface area (Å²) in [6, 6.07) is 2.42. The van der Waals surface area contributed by atoms with Crippen LogP contribution in [0.3, 0.4) is 0 Å². The standard InChI is InChI=1S/C13H16FNO3/c1-4-8(2)15-12-9(7-16)5-6-10(14)11(12)13(17)18-3/h5-8,15H,4H2,1-3H3/t8-/m0/s1. The highest BCUT2D eigenvalue weighted by Crippen LogP contribution is 2.25. The van der Waals surface area contributed by atoms with Gasteiger partial charge in [-0.1, -0.05) is 6.92 Å². The van der Waals surface area contributed by atoms with Crippen LogP contribution in [0.5, 0.6) is 0 Å². The number of halogens is 1. The molecule has 1 aromatic carbocycles. The van der Waals surface area contributed by atoms with E-state index in [1.807, 2.05) is 13.8 Å². The Balaban J connectivity index is 3.36. The summed E-state index contributed by atoms with van der Waals surface area (Å²) in [5.74, 6) is -1.51. The number of methoxy groups -OCH3 is 1. The third kappa shape index (κ3) is 2.85. The topological polar surface area (TPSA) is 55.4 Å². The minimum absolute atomic E-state index is 0.00825. The Kier molecular flexibility index (Phi) is 4.83. The summed E-state index contributed by atoms with van der Waals surface area (Å²) in [5.41, 5.74) is 0.186. The van der Waals surface area contributed by atoms with Crippen molar-refractivity contribution in [3.63, 3.8) is 0 Å². The average molecular weight is 253 g/mol. The molecular formula is C13H16FNO3. The number of ether oxygens (including phenoxy) is 1. The van der Waals surface area contributed by atoms with Crippen molar-refractivity contribution in [2.75, 3.05) is 12.4 Å².